The Morgan fingerprint density at radius 3 is 2.74 bits per heavy atom. The van der Waals surface area contributed by atoms with Crippen LogP contribution in [-0.4, -0.2) is 19.6 Å². The molecular weight excluding hydrogens is 317 g/mol. The predicted molar refractivity (Wildman–Crippen MR) is 93.0 cm³/mol. The molecule has 4 nitrogen and oxygen atoms in total. The topological polar surface area (TPSA) is 59.6 Å². The molecule has 0 unspecified atom stereocenters. The van der Waals surface area contributed by atoms with E-state index in [0.29, 0.717) is 29.7 Å². The third-order valence-corrected chi connectivity index (χ3v) is 3.69. The molecule has 0 aliphatic carbocycles. The van der Waals surface area contributed by atoms with E-state index in [4.69, 9.17) is 22.1 Å². The van der Waals surface area contributed by atoms with Crippen molar-refractivity contribution >= 4 is 23.2 Å². The summed E-state index contributed by atoms with van der Waals surface area (Å²) in [4.78, 5) is 4.27. The van der Waals surface area contributed by atoms with Crippen molar-refractivity contribution in [2.24, 2.45) is 10.7 Å². The number of guanidine groups is 1. The zero-order chi connectivity index (χ0) is 16.8. The van der Waals surface area contributed by atoms with E-state index in [2.05, 4.69) is 10.3 Å². The van der Waals surface area contributed by atoms with E-state index in [9.17, 15) is 4.39 Å². The zero-order valence-corrected chi connectivity index (χ0v) is 13.8. The van der Waals surface area contributed by atoms with Crippen LogP contribution in [-0.2, 0) is 6.42 Å². The van der Waals surface area contributed by atoms with Gasteiger partial charge >= 0.3 is 0 Å². The van der Waals surface area contributed by atoms with Gasteiger partial charge in [0.15, 0.2) is 5.96 Å². The summed E-state index contributed by atoms with van der Waals surface area (Å²) in [6.45, 7) is 2.39. The molecule has 122 valence electrons. The molecule has 3 N–H and O–H groups in total. The van der Waals surface area contributed by atoms with Crippen molar-refractivity contribution in [1.82, 2.24) is 0 Å². The standard InChI is InChI=1S/C17H19ClFN3O/c1-11-9-13(19)4-3-12(11)7-8-21-17(20)22-14-5-6-16(23-2)15(18)10-14/h3-6,9-10H,7-8H2,1-2H3,(H3,20,21,22). The number of aryl methyl sites for hydroxylation is 1. The van der Waals surface area contributed by atoms with Gasteiger partial charge in [0.1, 0.15) is 11.6 Å². The highest BCUT2D eigenvalue weighted by Gasteiger charge is 2.03. The number of aliphatic imine (C=N–C) groups is 1. The molecule has 0 aliphatic rings. The molecule has 2 aromatic carbocycles. The number of nitrogens with one attached hydrogen (secondary N) is 1. The van der Waals surface area contributed by atoms with Gasteiger partial charge in [0.05, 0.1) is 12.1 Å². The third-order valence-electron chi connectivity index (χ3n) is 3.39. The number of hydrogen-bond donors (Lipinski definition) is 2. The van der Waals surface area contributed by atoms with E-state index < -0.39 is 0 Å². The van der Waals surface area contributed by atoms with Crippen LogP contribution in [0.4, 0.5) is 10.1 Å². The van der Waals surface area contributed by atoms with Crippen molar-refractivity contribution < 1.29 is 9.13 Å². The van der Waals surface area contributed by atoms with Crippen LogP contribution >= 0.6 is 11.6 Å². The van der Waals surface area contributed by atoms with Gasteiger partial charge in [-0.1, -0.05) is 17.7 Å². The van der Waals surface area contributed by atoms with Gasteiger partial charge in [0.25, 0.3) is 0 Å². The van der Waals surface area contributed by atoms with Crippen LogP contribution in [0.25, 0.3) is 0 Å². The monoisotopic (exact) mass is 335 g/mol. The Kier molecular flexibility index (Phi) is 5.82. The Balaban J connectivity index is 1.94. The first-order valence-electron chi connectivity index (χ1n) is 7.15. The van der Waals surface area contributed by atoms with Crippen molar-refractivity contribution in [2.45, 2.75) is 13.3 Å². The Morgan fingerprint density at radius 2 is 2.09 bits per heavy atom. The molecule has 6 heteroatoms. The highest BCUT2D eigenvalue weighted by atomic mass is 35.5. The predicted octanol–water partition coefficient (Wildman–Crippen LogP) is 3.77. The van der Waals surface area contributed by atoms with E-state index in [-0.39, 0.29) is 5.82 Å². The number of methoxy groups -OCH3 is 1. The van der Waals surface area contributed by atoms with E-state index in [1.807, 2.05) is 6.92 Å². The van der Waals surface area contributed by atoms with Crippen LogP contribution in [0.2, 0.25) is 5.02 Å². The second-order valence-electron chi connectivity index (χ2n) is 5.06. The van der Waals surface area contributed by atoms with Crippen molar-refractivity contribution in [3.05, 3.63) is 58.4 Å². The molecule has 2 rings (SSSR count). The number of hydrogen-bond acceptors (Lipinski definition) is 2. The van der Waals surface area contributed by atoms with Crippen LogP contribution < -0.4 is 15.8 Å². The maximum Gasteiger partial charge on any atom is 0.193 e. The third kappa shape index (κ3) is 4.86. The molecule has 0 bridgehead atoms. The van der Waals surface area contributed by atoms with Crippen LogP contribution in [0.5, 0.6) is 5.75 Å². The van der Waals surface area contributed by atoms with Crippen molar-refractivity contribution in [3.8, 4) is 5.75 Å². The fourth-order valence-electron chi connectivity index (χ4n) is 2.17. The number of nitrogens with zero attached hydrogens (tertiary/aromatic N) is 1. The van der Waals surface area contributed by atoms with Gasteiger partial charge in [-0.15, -0.1) is 0 Å². The Hall–Kier alpha value is -2.27. The summed E-state index contributed by atoms with van der Waals surface area (Å²) in [5, 5.41) is 3.46. The molecule has 0 radical (unpaired) electrons. The summed E-state index contributed by atoms with van der Waals surface area (Å²) in [5.41, 5.74) is 8.55. The molecule has 0 spiro atoms. The number of benzene rings is 2. The number of anilines is 1. The van der Waals surface area contributed by atoms with Crippen LogP contribution in [0.3, 0.4) is 0 Å². The van der Waals surface area contributed by atoms with Gasteiger partial charge in [0.2, 0.25) is 0 Å². The van der Waals surface area contributed by atoms with Gasteiger partial charge in [-0.3, -0.25) is 4.99 Å². The first kappa shape index (κ1) is 17.1. The molecule has 23 heavy (non-hydrogen) atoms. The average molecular weight is 336 g/mol. The minimum atomic E-state index is -0.229. The molecule has 0 aromatic heterocycles. The second kappa shape index (κ2) is 7.83. The van der Waals surface area contributed by atoms with Gasteiger partial charge in [-0.25, -0.2) is 4.39 Å². The maximum absolute atomic E-state index is 13.0. The quantitative estimate of drug-likeness (QED) is 0.646. The molecule has 0 aliphatic heterocycles. The smallest absolute Gasteiger partial charge is 0.193 e. The fourth-order valence-corrected chi connectivity index (χ4v) is 2.43. The first-order valence-corrected chi connectivity index (χ1v) is 7.53. The van der Waals surface area contributed by atoms with Crippen LogP contribution in [0.1, 0.15) is 11.1 Å². The lowest BCUT2D eigenvalue weighted by molar-refractivity contribution is 0.415. The van der Waals surface area contributed by atoms with E-state index in [1.165, 1.54) is 12.1 Å². The lowest BCUT2D eigenvalue weighted by Crippen LogP contribution is -2.23. The molecule has 0 saturated heterocycles. The number of ether oxygens (including phenoxy) is 1. The van der Waals surface area contributed by atoms with Crippen LogP contribution in [0, 0.1) is 12.7 Å². The molecule has 0 fully saturated rings. The summed E-state index contributed by atoms with van der Waals surface area (Å²) < 4.78 is 18.1. The minimum Gasteiger partial charge on any atom is -0.495 e. The summed E-state index contributed by atoms with van der Waals surface area (Å²) >= 11 is 6.05. The lowest BCUT2D eigenvalue weighted by atomic mass is 10.1. The molecular formula is C17H19ClFN3O. The number of halogens is 2. The minimum absolute atomic E-state index is 0.229. The van der Waals surface area contributed by atoms with E-state index >= 15 is 0 Å². The summed E-state index contributed by atoms with van der Waals surface area (Å²) in [6.07, 6.45) is 0.692. The van der Waals surface area contributed by atoms with Gasteiger partial charge < -0.3 is 15.8 Å². The van der Waals surface area contributed by atoms with Crippen LogP contribution in [0.15, 0.2) is 41.4 Å². The van der Waals surface area contributed by atoms with Gasteiger partial charge in [0, 0.05) is 12.2 Å². The molecule has 0 atom stereocenters. The number of nitrogens with two attached hydrogens (primary N) is 1. The van der Waals surface area contributed by atoms with E-state index in [1.54, 1.807) is 31.4 Å². The average Bonchev–Trinajstić information content (AvgIpc) is 2.49. The fraction of sp³-hybridized carbons (Fsp3) is 0.235. The Morgan fingerprint density at radius 1 is 1.30 bits per heavy atom. The molecule has 0 heterocycles. The molecule has 2 aromatic rings. The SMILES string of the molecule is COc1ccc(NC(N)=NCCc2ccc(F)cc2C)cc1Cl. The maximum atomic E-state index is 13.0. The Bertz CT molecular complexity index is 719. The zero-order valence-electron chi connectivity index (χ0n) is 13.1. The largest absolute Gasteiger partial charge is 0.495 e. The van der Waals surface area contributed by atoms with E-state index in [0.717, 1.165) is 16.8 Å². The number of rotatable bonds is 5. The Labute approximate surface area is 140 Å². The first-order chi connectivity index (χ1) is 11.0. The van der Waals surface area contributed by atoms with Gasteiger partial charge in [-0.05, 0) is 54.8 Å². The highest BCUT2D eigenvalue weighted by molar-refractivity contribution is 6.32. The summed E-state index contributed by atoms with van der Waals surface area (Å²) in [7, 11) is 1.56. The second-order valence-corrected chi connectivity index (χ2v) is 5.47. The lowest BCUT2D eigenvalue weighted by Gasteiger charge is -2.09. The highest BCUT2D eigenvalue weighted by Crippen LogP contribution is 2.27. The van der Waals surface area contributed by atoms with Crippen molar-refractivity contribution in [1.29, 1.82) is 0 Å². The van der Waals surface area contributed by atoms with Crippen molar-refractivity contribution in [2.75, 3.05) is 19.0 Å². The van der Waals surface area contributed by atoms with Gasteiger partial charge in [-0.2, -0.15) is 0 Å². The normalized spacial score (nSPS) is 11.4. The summed E-state index contributed by atoms with van der Waals surface area (Å²) in [6, 6.07) is 10.0. The molecule has 0 amide bonds. The van der Waals surface area contributed by atoms with Crippen molar-refractivity contribution in [3.63, 3.8) is 0 Å². The molecule has 0 saturated carbocycles. The summed E-state index contributed by atoms with van der Waals surface area (Å²) in [5.74, 6) is 0.665.